The second-order valence-electron chi connectivity index (χ2n) is 3.30. The predicted octanol–water partition coefficient (Wildman–Crippen LogP) is 0.579. The molecule has 0 bridgehead atoms. The Morgan fingerprint density at radius 2 is 2.25 bits per heavy atom. The number of hydrogen-bond acceptors (Lipinski definition) is 4. The molecule has 3 heterocycles. The number of nitrogens with one attached hydrogen (secondary N) is 1. The second-order valence-corrected chi connectivity index (χ2v) is 3.30. The Labute approximate surface area is 89.5 Å². The highest BCUT2D eigenvalue weighted by Crippen LogP contribution is 2.13. The monoisotopic (exact) mass is 216 g/mol. The van der Waals surface area contributed by atoms with Gasteiger partial charge in [0.05, 0.1) is 12.6 Å². The standard InChI is InChI=1S/C10H8N4O2/c1-16-7-3-2-6-8(13-7)14-5-4-11-9(14)10(15)12-6/h2-5H,1H3,(H,12,15). The Morgan fingerprint density at radius 1 is 1.38 bits per heavy atom. The van der Waals surface area contributed by atoms with Crippen LogP contribution in [0.25, 0.3) is 16.8 Å². The lowest BCUT2D eigenvalue weighted by molar-refractivity contribution is 0.399. The van der Waals surface area contributed by atoms with Crippen molar-refractivity contribution in [3.05, 3.63) is 34.9 Å². The van der Waals surface area contributed by atoms with Gasteiger partial charge in [0.25, 0.3) is 5.56 Å². The fourth-order valence-electron chi connectivity index (χ4n) is 1.65. The third-order valence-corrected chi connectivity index (χ3v) is 2.38. The van der Waals surface area contributed by atoms with Gasteiger partial charge in [-0.05, 0) is 6.07 Å². The average Bonchev–Trinajstić information content (AvgIpc) is 2.78. The van der Waals surface area contributed by atoms with Gasteiger partial charge in [-0.1, -0.05) is 0 Å². The van der Waals surface area contributed by atoms with Crippen LogP contribution in [0.2, 0.25) is 0 Å². The third kappa shape index (κ3) is 1.10. The molecule has 0 atom stereocenters. The second kappa shape index (κ2) is 3.06. The van der Waals surface area contributed by atoms with Crippen molar-refractivity contribution in [3.63, 3.8) is 0 Å². The maximum absolute atomic E-state index is 11.6. The highest BCUT2D eigenvalue weighted by atomic mass is 16.5. The summed E-state index contributed by atoms with van der Waals surface area (Å²) in [6, 6.07) is 3.45. The zero-order valence-electron chi connectivity index (χ0n) is 8.47. The van der Waals surface area contributed by atoms with Gasteiger partial charge in [0.2, 0.25) is 11.5 Å². The van der Waals surface area contributed by atoms with Gasteiger partial charge in [-0.25, -0.2) is 4.98 Å². The van der Waals surface area contributed by atoms with Gasteiger partial charge < -0.3 is 9.72 Å². The number of methoxy groups -OCH3 is 1. The van der Waals surface area contributed by atoms with Crippen molar-refractivity contribution in [3.8, 4) is 5.88 Å². The largest absolute Gasteiger partial charge is 0.481 e. The topological polar surface area (TPSA) is 72.3 Å². The fourth-order valence-corrected chi connectivity index (χ4v) is 1.65. The number of nitrogens with zero attached hydrogens (tertiary/aromatic N) is 3. The van der Waals surface area contributed by atoms with E-state index in [-0.39, 0.29) is 5.56 Å². The lowest BCUT2D eigenvalue weighted by Crippen LogP contribution is -2.11. The molecule has 0 spiro atoms. The van der Waals surface area contributed by atoms with E-state index < -0.39 is 0 Å². The number of H-pyrrole nitrogens is 1. The van der Waals surface area contributed by atoms with Crippen molar-refractivity contribution in [1.82, 2.24) is 19.4 Å². The third-order valence-electron chi connectivity index (χ3n) is 2.38. The predicted molar refractivity (Wildman–Crippen MR) is 57.7 cm³/mol. The molecule has 0 unspecified atom stereocenters. The molecule has 3 rings (SSSR count). The molecule has 6 heteroatoms. The van der Waals surface area contributed by atoms with E-state index in [4.69, 9.17) is 4.74 Å². The van der Waals surface area contributed by atoms with Crippen LogP contribution in [0.4, 0.5) is 0 Å². The maximum atomic E-state index is 11.6. The molecule has 0 aromatic carbocycles. The Hall–Kier alpha value is -2.37. The SMILES string of the molecule is COc1ccc2[nH]c(=O)c3nccn3c2n1. The van der Waals surface area contributed by atoms with Crippen molar-refractivity contribution in [2.45, 2.75) is 0 Å². The Bertz CT molecular complexity index is 728. The smallest absolute Gasteiger partial charge is 0.292 e. The Balaban J connectivity index is 2.55. The molecule has 0 radical (unpaired) electrons. The van der Waals surface area contributed by atoms with Gasteiger partial charge in [0, 0.05) is 18.5 Å². The van der Waals surface area contributed by atoms with Crippen molar-refractivity contribution in [2.24, 2.45) is 0 Å². The van der Waals surface area contributed by atoms with Crippen LogP contribution >= 0.6 is 0 Å². The summed E-state index contributed by atoms with van der Waals surface area (Å²) in [5.74, 6) is 0.495. The molecule has 80 valence electrons. The lowest BCUT2D eigenvalue weighted by Gasteiger charge is -2.03. The normalized spacial score (nSPS) is 11.1. The highest BCUT2D eigenvalue weighted by molar-refractivity contribution is 5.73. The average molecular weight is 216 g/mol. The number of aromatic nitrogens is 4. The molecule has 0 aliphatic rings. The molecule has 0 amide bonds. The van der Waals surface area contributed by atoms with Crippen molar-refractivity contribution < 1.29 is 4.74 Å². The minimum atomic E-state index is -0.232. The van der Waals surface area contributed by atoms with Gasteiger partial charge in [0.15, 0.2) is 5.65 Å². The van der Waals surface area contributed by atoms with Crippen molar-refractivity contribution in [2.75, 3.05) is 7.11 Å². The van der Waals surface area contributed by atoms with E-state index in [0.717, 1.165) is 0 Å². The van der Waals surface area contributed by atoms with Crippen LogP contribution < -0.4 is 10.3 Å². The number of aromatic amines is 1. The first-order valence-electron chi connectivity index (χ1n) is 4.69. The van der Waals surface area contributed by atoms with E-state index in [2.05, 4.69) is 15.0 Å². The van der Waals surface area contributed by atoms with E-state index in [0.29, 0.717) is 22.7 Å². The lowest BCUT2D eigenvalue weighted by atomic mass is 10.4. The van der Waals surface area contributed by atoms with Crippen LogP contribution in [-0.4, -0.2) is 26.5 Å². The minimum Gasteiger partial charge on any atom is -0.481 e. The van der Waals surface area contributed by atoms with Crippen LogP contribution in [0.3, 0.4) is 0 Å². The first-order valence-corrected chi connectivity index (χ1v) is 4.69. The summed E-state index contributed by atoms with van der Waals surface area (Å²) in [6.45, 7) is 0. The van der Waals surface area contributed by atoms with Crippen molar-refractivity contribution >= 4 is 16.8 Å². The van der Waals surface area contributed by atoms with Crippen LogP contribution in [0, 0.1) is 0 Å². The van der Waals surface area contributed by atoms with Crippen LogP contribution in [0.15, 0.2) is 29.3 Å². The summed E-state index contributed by atoms with van der Waals surface area (Å²) in [6.07, 6.45) is 3.25. The molecule has 0 fully saturated rings. The first-order chi connectivity index (χ1) is 7.79. The van der Waals surface area contributed by atoms with E-state index in [9.17, 15) is 4.79 Å². The van der Waals surface area contributed by atoms with Gasteiger partial charge in [-0.15, -0.1) is 0 Å². The zero-order valence-corrected chi connectivity index (χ0v) is 8.47. The Kier molecular flexibility index (Phi) is 1.70. The minimum absolute atomic E-state index is 0.232. The molecule has 3 aromatic rings. The molecule has 0 saturated carbocycles. The van der Waals surface area contributed by atoms with E-state index >= 15 is 0 Å². The van der Waals surface area contributed by atoms with E-state index in [1.165, 1.54) is 0 Å². The number of ether oxygens (including phenoxy) is 1. The zero-order chi connectivity index (χ0) is 11.1. The molecular formula is C10H8N4O2. The number of rotatable bonds is 1. The summed E-state index contributed by atoms with van der Waals surface area (Å²) in [7, 11) is 1.55. The summed E-state index contributed by atoms with van der Waals surface area (Å²) in [5, 5.41) is 0. The molecule has 0 aliphatic heterocycles. The highest BCUT2D eigenvalue weighted by Gasteiger charge is 2.07. The molecule has 0 saturated heterocycles. The van der Waals surface area contributed by atoms with Gasteiger partial charge in [0.1, 0.15) is 0 Å². The molecule has 6 nitrogen and oxygen atoms in total. The summed E-state index contributed by atoms with van der Waals surface area (Å²) < 4.78 is 6.68. The molecule has 1 N–H and O–H groups in total. The van der Waals surface area contributed by atoms with Gasteiger partial charge in [-0.2, -0.15) is 4.98 Å². The summed E-state index contributed by atoms with van der Waals surface area (Å²) in [5.41, 5.74) is 1.36. The molecule has 16 heavy (non-hydrogen) atoms. The molecular weight excluding hydrogens is 208 g/mol. The van der Waals surface area contributed by atoms with Gasteiger partial charge >= 0.3 is 0 Å². The molecule has 3 aromatic heterocycles. The summed E-state index contributed by atoms with van der Waals surface area (Å²) in [4.78, 5) is 22.6. The van der Waals surface area contributed by atoms with Crippen LogP contribution in [-0.2, 0) is 0 Å². The van der Waals surface area contributed by atoms with E-state index in [1.807, 2.05) is 0 Å². The number of imidazole rings is 1. The number of pyridine rings is 1. The maximum Gasteiger partial charge on any atom is 0.292 e. The van der Waals surface area contributed by atoms with Crippen molar-refractivity contribution in [1.29, 1.82) is 0 Å². The van der Waals surface area contributed by atoms with Gasteiger partial charge in [-0.3, -0.25) is 9.20 Å². The quantitative estimate of drug-likeness (QED) is 0.645. The van der Waals surface area contributed by atoms with Crippen LogP contribution in [0.1, 0.15) is 0 Å². The first kappa shape index (κ1) is 8.90. The number of fused-ring (bicyclic) bond motifs is 3. The Morgan fingerprint density at radius 3 is 3.06 bits per heavy atom. The molecule has 0 aliphatic carbocycles. The van der Waals surface area contributed by atoms with E-state index in [1.54, 1.807) is 36.0 Å². The summed E-state index contributed by atoms with van der Waals surface area (Å²) >= 11 is 0. The van der Waals surface area contributed by atoms with Crippen LogP contribution in [0.5, 0.6) is 5.88 Å². The fraction of sp³-hybridized carbons (Fsp3) is 0.100. The number of hydrogen-bond donors (Lipinski definition) is 1.